The Morgan fingerprint density at radius 3 is 2.47 bits per heavy atom. The van der Waals surface area contributed by atoms with E-state index >= 15 is 0 Å². The van der Waals surface area contributed by atoms with E-state index in [2.05, 4.69) is 41.0 Å². The summed E-state index contributed by atoms with van der Waals surface area (Å²) in [5.41, 5.74) is 1.27. The van der Waals surface area contributed by atoms with E-state index < -0.39 is 0 Å². The Bertz CT molecular complexity index is 441. The van der Waals surface area contributed by atoms with Crippen molar-refractivity contribution in [2.75, 3.05) is 24.5 Å². The predicted octanol–water partition coefficient (Wildman–Crippen LogP) is 2.52. The molecule has 102 valence electrons. The molecule has 19 heavy (non-hydrogen) atoms. The van der Waals surface area contributed by atoms with E-state index in [1.165, 1.54) is 12.1 Å². The van der Waals surface area contributed by atoms with Gasteiger partial charge in [-0.2, -0.15) is 0 Å². The number of carbonyl (C=O) groups is 1. The lowest BCUT2D eigenvalue weighted by Crippen LogP contribution is -2.56. The lowest BCUT2D eigenvalue weighted by atomic mass is 9.84. The zero-order valence-corrected chi connectivity index (χ0v) is 11.6. The molecule has 1 aliphatic heterocycles. The van der Waals surface area contributed by atoms with Gasteiger partial charge >= 0.3 is 0 Å². The molecule has 1 unspecified atom stereocenters. The van der Waals surface area contributed by atoms with Crippen LogP contribution in [0.25, 0.3) is 0 Å². The van der Waals surface area contributed by atoms with E-state index in [0.717, 1.165) is 32.5 Å². The van der Waals surface area contributed by atoms with E-state index in [9.17, 15) is 4.79 Å². The molecule has 2 fully saturated rings. The number of benzene rings is 1. The average molecular weight is 258 g/mol. The number of hydrogen-bond acceptors (Lipinski definition) is 2. The fourth-order valence-corrected chi connectivity index (χ4v) is 3.05. The first-order valence-electron chi connectivity index (χ1n) is 7.36. The smallest absolute Gasteiger partial charge is 0.226 e. The Kier molecular flexibility index (Phi) is 3.45. The van der Waals surface area contributed by atoms with Gasteiger partial charge in [-0.1, -0.05) is 24.6 Å². The second-order valence-electron chi connectivity index (χ2n) is 5.79. The summed E-state index contributed by atoms with van der Waals surface area (Å²) in [6.45, 7) is 4.94. The van der Waals surface area contributed by atoms with Gasteiger partial charge in [0, 0.05) is 37.3 Å². The zero-order chi connectivity index (χ0) is 13.2. The summed E-state index contributed by atoms with van der Waals surface area (Å²) in [5, 5.41) is 0. The standard InChI is InChI=1S/C16H22N2O/c1-13-12-17(15-8-3-2-4-9-15)10-11-18(13)16(19)14-6-5-7-14/h2-4,8-9,13-14H,5-7,10-12H2,1H3. The van der Waals surface area contributed by atoms with Crippen molar-refractivity contribution in [2.24, 2.45) is 5.92 Å². The van der Waals surface area contributed by atoms with Crippen LogP contribution in [0, 0.1) is 5.92 Å². The number of anilines is 1. The topological polar surface area (TPSA) is 23.6 Å². The molecule has 1 saturated carbocycles. The number of carbonyl (C=O) groups excluding carboxylic acids is 1. The Labute approximate surface area is 115 Å². The minimum atomic E-state index is 0.321. The number of nitrogens with zero attached hydrogens (tertiary/aromatic N) is 2. The number of rotatable bonds is 2. The average Bonchev–Trinajstić information content (AvgIpc) is 2.37. The first-order chi connectivity index (χ1) is 9.25. The van der Waals surface area contributed by atoms with Crippen molar-refractivity contribution in [3.05, 3.63) is 30.3 Å². The highest BCUT2D eigenvalue weighted by molar-refractivity contribution is 5.80. The molecule has 0 bridgehead atoms. The molecular formula is C16H22N2O. The Morgan fingerprint density at radius 1 is 1.16 bits per heavy atom. The van der Waals surface area contributed by atoms with Crippen LogP contribution in [0.3, 0.4) is 0 Å². The predicted molar refractivity (Wildman–Crippen MR) is 77.2 cm³/mol. The Balaban J connectivity index is 1.64. The molecule has 1 atom stereocenters. The van der Waals surface area contributed by atoms with Crippen molar-refractivity contribution in [3.8, 4) is 0 Å². The van der Waals surface area contributed by atoms with Crippen LogP contribution in [0.2, 0.25) is 0 Å². The van der Waals surface area contributed by atoms with Gasteiger partial charge in [0.15, 0.2) is 0 Å². The number of para-hydroxylation sites is 1. The largest absolute Gasteiger partial charge is 0.368 e. The fraction of sp³-hybridized carbons (Fsp3) is 0.562. The van der Waals surface area contributed by atoms with Crippen LogP contribution in [0.5, 0.6) is 0 Å². The van der Waals surface area contributed by atoms with Gasteiger partial charge in [0.25, 0.3) is 0 Å². The molecule has 3 heteroatoms. The molecule has 1 heterocycles. The second kappa shape index (κ2) is 5.24. The van der Waals surface area contributed by atoms with Gasteiger partial charge in [-0.3, -0.25) is 4.79 Å². The maximum absolute atomic E-state index is 12.3. The minimum absolute atomic E-state index is 0.321. The van der Waals surface area contributed by atoms with Gasteiger partial charge < -0.3 is 9.80 Å². The van der Waals surface area contributed by atoms with Crippen molar-refractivity contribution in [3.63, 3.8) is 0 Å². The third kappa shape index (κ3) is 2.46. The van der Waals surface area contributed by atoms with Crippen LogP contribution in [0.15, 0.2) is 30.3 Å². The van der Waals surface area contributed by atoms with Gasteiger partial charge in [-0.25, -0.2) is 0 Å². The lowest BCUT2D eigenvalue weighted by Gasteiger charge is -2.43. The molecule has 3 rings (SSSR count). The molecule has 0 aromatic heterocycles. The molecule has 0 N–H and O–H groups in total. The van der Waals surface area contributed by atoms with Gasteiger partial charge in [0.1, 0.15) is 0 Å². The SMILES string of the molecule is CC1CN(c2ccccc2)CCN1C(=O)C1CCC1. The molecule has 1 aliphatic carbocycles. The summed E-state index contributed by atoms with van der Waals surface area (Å²) in [7, 11) is 0. The highest BCUT2D eigenvalue weighted by Gasteiger charge is 2.34. The summed E-state index contributed by atoms with van der Waals surface area (Å²) in [6, 6.07) is 10.8. The number of hydrogen-bond donors (Lipinski definition) is 0. The monoisotopic (exact) mass is 258 g/mol. The molecule has 1 aromatic carbocycles. The number of piperazine rings is 1. The first-order valence-corrected chi connectivity index (χ1v) is 7.36. The Hall–Kier alpha value is -1.51. The molecule has 0 radical (unpaired) electrons. The van der Waals surface area contributed by atoms with Gasteiger partial charge in [0.2, 0.25) is 5.91 Å². The lowest BCUT2D eigenvalue weighted by molar-refractivity contribution is -0.140. The van der Waals surface area contributed by atoms with Crippen LogP contribution < -0.4 is 4.90 Å². The summed E-state index contributed by atoms with van der Waals surface area (Å²) < 4.78 is 0. The normalized spacial score (nSPS) is 24.2. The third-order valence-electron chi connectivity index (χ3n) is 4.49. The van der Waals surface area contributed by atoms with Crippen molar-refractivity contribution in [1.82, 2.24) is 4.90 Å². The molecule has 1 amide bonds. The number of amides is 1. The summed E-state index contributed by atoms with van der Waals surface area (Å²) in [5.74, 6) is 0.720. The molecular weight excluding hydrogens is 236 g/mol. The molecule has 0 spiro atoms. The first kappa shape index (κ1) is 12.5. The summed E-state index contributed by atoms with van der Waals surface area (Å²) in [4.78, 5) is 16.8. The molecule has 1 aromatic rings. The van der Waals surface area contributed by atoms with Crippen LogP contribution in [0.1, 0.15) is 26.2 Å². The van der Waals surface area contributed by atoms with Gasteiger partial charge in [0.05, 0.1) is 0 Å². The highest BCUT2D eigenvalue weighted by atomic mass is 16.2. The van der Waals surface area contributed by atoms with E-state index in [0.29, 0.717) is 17.9 Å². The quantitative estimate of drug-likeness (QED) is 0.814. The molecule has 2 aliphatic rings. The van der Waals surface area contributed by atoms with Crippen LogP contribution in [-0.4, -0.2) is 36.5 Å². The second-order valence-corrected chi connectivity index (χ2v) is 5.79. The van der Waals surface area contributed by atoms with Crippen molar-refractivity contribution < 1.29 is 4.79 Å². The maximum atomic E-state index is 12.3. The minimum Gasteiger partial charge on any atom is -0.368 e. The van der Waals surface area contributed by atoms with E-state index in [4.69, 9.17) is 0 Å². The molecule has 3 nitrogen and oxygen atoms in total. The van der Waals surface area contributed by atoms with Gasteiger partial charge in [-0.15, -0.1) is 0 Å². The Morgan fingerprint density at radius 2 is 1.89 bits per heavy atom. The van der Waals surface area contributed by atoms with Crippen LogP contribution in [-0.2, 0) is 4.79 Å². The van der Waals surface area contributed by atoms with Crippen LogP contribution >= 0.6 is 0 Å². The summed E-state index contributed by atoms with van der Waals surface area (Å²) in [6.07, 6.45) is 3.43. The maximum Gasteiger partial charge on any atom is 0.226 e. The van der Waals surface area contributed by atoms with Crippen molar-refractivity contribution in [2.45, 2.75) is 32.2 Å². The van der Waals surface area contributed by atoms with E-state index in [1.54, 1.807) is 0 Å². The fourth-order valence-electron chi connectivity index (χ4n) is 3.05. The zero-order valence-electron chi connectivity index (χ0n) is 11.6. The highest BCUT2D eigenvalue weighted by Crippen LogP contribution is 2.30. The van der Waals surface area contributed by atoms with E-state index in [-0.39, 0.29) is 0 Å². The molecule has 1 saturated heterocycles. The summed E-state index contributed by atoms with van der Waals surface area (Å²) >= 11 is 0. The van der Waals surface area contributed by atoms with Gasteiger partial charge in [-0.05, 0) is 31.9 Å². The third-order valence-corrected chi connectivity index (χ3v) is 4.49. The van der Waals surface area contributed by atoms with Crippen molar-refractivity contribution >= 4 is 11.6 Å². The van der Waals surface area contributed by atoms with E-state index in [1.807, 2.05) is 6.07 Å². The van der Waals surface area contributed by atoms with Crippen LogP contribution in [0.4, 0.5) is 5.69 Å². The van der Waals surface area contributed by atoms with Crippen molar-refractivity contribution in [1.29, 1.82) is 0 Å².